The van der Waals surface area contributed by atoms with Gasteiger partial charge in [-0.05, 0) is 31.5 Å². The van der Waals surface area contributed by atoms with Crippen molar-refractivity contribution in [2.24, 2.45) is 5.10 Å². The maximum absolute atomic E-state index is 11.3. The molecule has 94 valence electrons. The normalized spacial score (nSPS) is 10.7. The summed E-state index contributed by atoms with van der Waals surface area (Å²) in [6, 6.07) is 6.89. The number of nitrogens with zero attached hydrogens (tertiary/aromatic N) is 2. The quantitative estimate of drug-likeness (QED) is 0.516. The SMILES string of the molecule is CCOC(=O)C(C#N)=NNc1cccc(Cl)c1C. The molecular weight excluding hydrogens is 254 g/mol. The first-order valence-electron chi connectivity index (χ1n) is 5.26. The Balaban J connectivity index is 2.87. The second kappa shape index (κ2) is 6.62. The standard InChI is InChI=1S/C12H12ClN3O2/c1-3-18-12(17)11(7-14)16-15-10-6-4-5-9(13)8(10)2/h4-6,15H,3H2,1-2H3. The van der Waals surface area contributed by atoms with Crippen molar-refractivity contribution in [2.45, 2.75) is 13.8 Å². The van der Waals surface area contributed by atoms with Crippen LogP contribution in [0.3, 0.4) is 0 Å². The Bertz CT molecular complexity index is 521. The summed E-state index contributed by atoms with van der Waals surface area (Å²) in [5.41, 5.74) is 3.69. The van der Waals surface area contributed by atoms with Crippen molar-refractivity contribution in [3.8, 4) is 6.07 Å². The Kier molecular flexibility index (Phi) is 5.15. The molecule has 0 atom stereocenters. The largest absolute Gasteiger partial charge is 0.461 e. The summed E-state index contributed by atoms with van der Waals surface area (Å²) in [6.07, 6.45) is 0. The number of carbonyl (C=O) groups is 1. The number of hydrogen-bond donors (Lipinski definition) is 1. The number of anilines is 1. The summed E-state index contributed by atoms with van der Waals surface area (Å²) in [7, 11) is 0. The van der Waals surface area contributed by atoms with Gasteiger partial charge in [-0.2, -0.15) is 10.4 Å². The number of nitrogens with one attached hydrogen (secondary N) is 1. The van der Waals surface area contributed by atoms with Crippen LogP contribution in [0.4, 0.5) is 5.69 Å². The Hall–Kier alpha value is -2.06. The minimum Gasteiger partial charge on any atom is -0.461 e. The molecular formula is C12H12ClN3O2. The van der Waals surface area contributed by atoms with Gasteiger partial charge in [0, 0.05) is 5.02 Å². The Morgan fingerprint density at radius 3 is 2.94 bits per heavy atom. The molecule has 0 unspecified atom stereocenters. The summed E-state index contributed by atoms with van der Waals surface area (Å²) >= 11 is 5.93. The molecule has 1 N–H and O–H groups in total. The van der Waals surface area contributed by atoms with E-state index < -0.39 is 5.97 Å². The first-order valence-corrected chi connectivity index (χ1v) is 5.64. The van der Waals surface area contributed by atoms with Crippen LogP contribution in [-0.2, 0) is 9.53 Å². The van der Waals surface area contributed by atoms with E-state index in [1.54, 1.807) is 38.1 Å². The van der Waals surface area contributed by atoms with Gasteiger partial charge in [0.25, 0.3) is 0 Å². The van der Waals surface area contributed by atoms with Gasteiger partial charge in [-0.1, -0.05) is 17.7 Å². The molecule has 0 spiro atoms. The Labute approximate surface area is 110 Å². The smallest absolute Gasteiger partial charge is 0.369 e. The highest BCUT2D eigenvalue weighted by Crippen LogP contribution is 2.22. The molecule has 0 aliphatic carbocycles. The van der Waals surface area contributed by atoms with E-state index in [0.717, 1.165) is 5.56 Å². The lowest BCUT2D eigenvalue weighted by Gasteiger charge is -2.06. The first kappa shape index (κ1) is 14.0. The molecule has 0 saturated heterocycles. The fraction of sp³-hybridized carbons (Fsp3) is 0.250. The molecule has 0 amide bonds. The number of halogens is 1. The zero-order valence-electron chi connectivity index (χ0n) is 10.0. The summed E-state index contributed by atoms with van der Waals surface area (Å²) < 4.78 is 4.68. The molecule has 0 radical (unpaired) electrons. The van der Waals surface area contributed by atoms with Crippen molar-refractivity contribution in [3.63, 3.8) is 0 Å². The van der Waals surface area contributed by atoms with Crippen LogP contribution in [0.15, 0.2) is 23.3 Å². The minimum atomic E-state index is -0.757. The molecule has 1 aromatic carbocycles. The van der Waals surface area contributed by atoms with Gasteiger partial charge in [0.15, 0.2) is 0 Å². The van der Waals surface area contributed by atoms with Crippen LogP contribution in [0, 0.1) is 18.3 Å². The third-order valence-electron chi connectivity index (χ3n) is 2.13. The number of esters is 1. The van der Waals surface area contributed by atoms with E-state index in [2.05, 4.69) is 15.3 Å². The van der Waals surface area contributed by atoms with E-state index in [0.29, 0.717) is 10.7 Å². The first-order chi connectivity index (χ1) is 8.60. The van der Waals surface area contributed by atoms with Crippen LogP contribution in [0.2, 0.25) is 5.02 Å². The topological polar surface area (TPSA) is 74.5 Å². The van der Waals surface area contributed by atoms with Gasteiger partial charge in [-0.25, -0.2) is 4.79 Å². The van der Waals surface area contributed by atoms with E-state index in [-0.39, 0.29) is 12.3 Å². The van der Waals surface area contributed by atoms with E-state index >= 15 is 0 Å². The lowest BCUT2D eigenvalue weighted by Crippen LogP contribution is -2.17. The molecule has 0 aliphatic rings. The van der Waals surface area contributed by atoms with E-state index in [1.807, 2.05) is 0 Å². The Morgan fingerprint density at radius 2 is 2.33 bits per heavy atom. The van der Waals surface area contributed by atoms with Gasteiger partial charge in [0.05, 0.1) is 12.3 Å². The second-order valence-corrected chi connectivity index (χ2v) is 3.72. The van der Waals surface area contributed by atoms with Gasteiger partial charge < -0.3 is 4.74 Å². The molecule has 6 heteroatoms. The highest BCUT2D eigenvalue weighted by Gasteiger charge is 2.12. The number of hydrazone groups is 1. The summed E-state index contributed by atoms with van der Waals surface area (Å²) in [5, 5.41) is 13.1. The Morgan fingerprint density at radius 1 is 1.61 bits per heavy atom. The third-order valence-corrected chi connectivity index (χ3v) is 2.54. The number of hydrogen-bond acceptors (Lipinski definition) is 5. The molecule has 0 aromatic heterocycles. The molecule has 1 rings (SSSR count). The lowest BCUT2D eigenvalue weighted by molar-refractivity contribution is -0.134. The van der Waals surface area contributed by atoms with Crippen molar-refractivity contribution in [1.82, 2.24) is 0 Å². The fourth-order valence-corrected chi connectivity index (χ4v) is 1.33. The molecule has 0 bridgehead atoms. The highest BCUT2D eigenvalue weighted by molar-refractivity contribution is 6.43. The molecule has 0 saturated carbocycles. The molecule has 0 heterocycles. The van der Waals surface area contributed by atoms with Crippen LogP contribution in [-0.4, -0.2) is 18.3 Å². The number of carbonyl (C=O) groups excluding carboxylic acids is 1. The van der Waals surface area contributed by atoms with Gasteiger partial charge in [0.1, 0.15) is 6.07 Å². The number of benzene rings is 1. The second-order valence-electron chi connectivity index (χ2n) is 3.32. The van der Waals surface area contributed by atoms with Gasteiger partial charge >= 0.3 is 5.97 Å². The van der Waals surface area contributed by atoms with Crippen molar-refractivity contribution in [1.29, 1.82) is 5.26 Å². The van der Waals surface area contributed by atoms with Gasteiger partial charge in [0.2, 0.25) is 5.71 Å². The van der Waals surface area contributed by atoms with Crippen LogP contribution >= 0.6 is 11.6 Å². The molecule has 0 aliphatic heterocycles. The van der Waals surface area contributed by atoms with E-state index in [4.69, 9.17) is 16.9 Å². The van der Waals surface area contributed by atoms with Crippen molar-refractivity contribution < 1.29 is 9.53 Å². The average Bonchev–Trinajstić information content (AvgIpc) is 2.35. The number of ether oxygens (including phenoxy) is 1. The highest BCUT2D eigenvalue weighted by atomic mass is 35.5. The zero-order valence-corrected chi connectivity index (χ0v) is 10.8. The zero-order chi connectivity index (χ0) is 13.5. The van der Waals surface area contributed by atoms with Crippen LogP contribution in [0.1, 0.15) is 12.5 Å². The van der Waals surface area contributed by atoms with Gasteiger partial charge in [-0.3, -0.25) is 5.43 Å². The van der Waals surface area contributed by atoms with Crippen molar-refractivity contribution >= 4 is 29.0 Å². The number of rotatable bonds is 4. The minimum absolute atomic E-state index is 0.190. The van der Waals surface area contributed by atoms with Crippen LogP contribution < -0.4 is 5.43 Å². The summed E-state index contributed by atoms with van der Waals surface area (Å²) in [5.74, 6) is -0.757. The molecule has 5 nitrogen and oxygen atoms in total. The maximum Gasteiger partial charge on any atom is 0.369 e. The summed E-state index contributed by atoms with van der Waals surface area (Å²) in [6.45, 7) is 3.65. The van der Waals surface area contributed by atoms with E-state index in [1.165, 1.54) is 0 Å². The molecule has 18 heavy (non-hydrogen) atoms. The predicted octanol–water partition coefficient (Wildman–Crippen LogP) is 2.50. The monoisotopic (exact) mass is 265 g/mol. The number of nitriles is 1. The molecule has 0 fully saturated rings. The summed E-state index contributed by atoms with van der Waals surface area (Å²) in [4.78, 5) is 11.3. The molecule has 1 aromatic rings. The predicted molar refractivity (Wildman–Crippen MR) is 69.5 cm³/mol. The van der Waals surface area contributed by atoms with Crippen LogP contribution in [0.5, 0.6) is 0 Å². The lowest BCUT2D eigenvalue weighted by atomic mass is 10.2. The average molecular weight is 266 g/mol. The fourth-order valence-electron chi connectivity index (χ4n) is 1.16. The van der Waals surface area contributed by atoms with Gasteiger partial charge in [-0.15, -0.1) is 0 Å². The van der Waals surface area contributed by atoms with E-state index in [9.17, 15) is 4.79 Å². The maximum atomic E-state index is 11.3. The third kappa shape index (κ3) is 3.47. The van der Waals surface area contributed by atoms with Crippen molar-refractivity contribution in [3.05, 3.63) is 28.8 Å². The van der Waals surface area contributed by atoms with Crippen molar-refractivity contribution in [2.75, 3.05) is 12.0 Å². The van der Waals surface area contributed by atoms with Crippen LogP contribution in [0.25, 0.3) is 0 Å².